The molecule has 158 valence electrons. The molecule has 0 amide bonds. The minimum atomic E-state index is -4.04. The van der Waals surface area contributed by atoms with Gasteiger partial charge >= 0.3 is 0 Å². The van der Waals surface area contributed by atoms with Crippen molar-refractivity contribution in [2.75, 3.05) is 4.72 Å². The van der Waals surface area contributed by atoms with Crippen molar-refractivity contribution in [1.29, 1.82) is 0 Å². The molecule has 0 unspecified atom stereocenters. The van der Waals surface area contributed by atoms with Crippen molar-refractivity contribution in [2.45, 2.75) is 11.8 Å². The first-order valence-electron chi connectivity index (χ1n) is 9.81. The molecule has 1 N–H and O–H groups in total. The molecule has 0 atom stereocenters. The third-order valence-corrected chi connectivity index (χ3v) is 7.35. The number of ketones is 2. The molecule has 1 aliphatic carbocycles. The number of rotatable bonds is 3. The Hall–Kier alpha value is -3.48. The van der Waals surface area contributed by atoms with Gasteiger partial charge in [-0.1, -0.05) is 77.8 Å². The Morgan fingerprint density at radius 1 is 0.719 bits per heavy atom. The van der Waals surface area contributed by atoms with Gasteiger partial charge < -0.3 is 0 Å². The minimum Gasteiger partial charge on any atom is -0.289 e. The second-order valence-corrected chi connectivity index (χ2v) is 9.67. The van der Waals surface area contributed by atoms with Crippen molar-refractivity contribution in [2.24, 2.45) is 0 Å². The van der Waals surface area contributed by atoms with Crippen LogP contribution in [0.1, 0.15) is 37.4 Å². The summed E-state index contributed by atoms with van der Waals surface area (Å²) in [5.74, 6) is -0.869. The first kappa shape index (κ1) is 20.4. The zero-order valence-corrected chi connectivity index (χ0v) is 18.4. The highest BCUT2D eigenvalue weighted by Crippen LogP contribution is 2.43. The van der Waals surface area contributed by atoms with Crippen LogP contribution in [0.5, 0.6) is 0 Å². The summed E-state index contributed by atoms with van der Waals surface area (Å²) in [6.45, 7) is 1.86. The van der Waals surface area contributed by atoms with Crippen LogP contribution in [-0.2, 0) is 10.0 Å². The third-order valence-electron chi connectivity index (χ3n) is 5.59. The van der Waals surface area contributed by atoms with Crippen LogP contribution >= 0.6 is 11.6 Å². The van der Waals surface area contributed by atoms with Crippen LogP contribution in [0.2, 0.25) is 5.02 Å². The van der Waals surface area contributed by atoms with Crippen LogP contribution < -0.4 is 4.72 Å². The number of hydrogen-bond donors (Lipinski definition) is 1. The average molecular weight is 462 g/mol. The van der Waals surface area contributed by atoms with Gasteiger partial charge in [0.1, 0.15) is 0 Å². The van der Waals surface area contributed by atoms with Crippen molar-refractivity contribution < 1.29 is 18.0 Å². The molecule has 5 nitrogen and oxygen atoms in total. The molecule has 4 aromatic rings. The van der Waals surface area contributed by atoms with E-state index >= 15 is 0 Å². The first-order valence-corrected chi connectivity index (χ1v) is 11.7. The highest BCUT2D eigenvalue weighted by molar-refractivity contribution is 7.92. The van der Waals surface area contributed by atoms with Gasteiger partial charge in [-0.3, -0.25) is 14.3 Å². The smallest absolute Gasteiger partial charge is 0.261 e. The van der Waals surface area contributed by atoms with Gasteiger partial charge in [0.15, 0.2) is 11.6 Å². The number of carbonyl (C=O) groups is 2. The average Bonchev–Trinajstić information content (AvgIpc) is 2.79. The van der Waals surface area contributed by atoms with E-state index in [4.69, 9.17) is 11.6 Å². The van der Waals surface area contributed by atoms with E-state index in [2.05, 4.69) is 4.72 Å². The lowest BCUT2D eigenvalue weighted by Crippen LogP contribution is -2.25. The van der Waals surface area contributed by atoms with Gasteiger partial charge in [0.05, 0.1) is 26.7 Å². The maximum atomic E-state index is 13.5. The maximum Gasteiger partial charge on any atom is 0.261 e. The molecule has 7 heteroatoms. The van der Waals surface area contributed by atoms with E-state index in [0.717, 1.165) is 5.56 Å². The van der Waals surface area contributed by atoms with Crippen LogP contribution in [0, 0.1) is 6.92 Å². The molecule has 0 aliphatic heterocycles. The van der Waals surface area contributed by atoms with Crippen molar-refractivity contribution in [3.05, 3.63) is 106 Å². The Morgan fingerprint density at radius 2 is 1.25 bits per heavy atom. The topological polar surface area (TPSA) is 80.3 Å². The molecule has 0 spiro atoms. The van der Waals surface area contributed by atoms with Gasteiger partial charge in [0.25, 0.3) is 10.0 Å². The summed E-state index contributed by atoms with van der Waals surface area (Å²) >= 11 is 6.61. The molecule has 0 saturated heterocycles. The summed E-state index contributed by atoms with van der Waals surface area (Å²) < 4.78 is 29.0. The summed E-state index contributed by atoms with van der Waals surface area (Å²) in [5.41, 5.74) is 1.40. The molecular weight excluding hydrogens is 446 g/mol. The van der Waals surface area contributed by atoms with Crippen LogP contribution in [-0.4, -0.2) is 20.0 Å². The van der Waals surface area contributed by atoms with Crippen molar-refractivity contribution in [1.82, 2.24) is 0 Å². The second-order valence-electron chi connectivity index (χ2n) is 7.61. The molecule has 1 aliphatic rings. The van der Waals surface area contributed by atoms with E-state index in [1.807, 2.05) is 6.92 Å². The fourth-order valence-corrected chi connectivity index (χ4v) is 5.44. The molecule has 5 rings (SSSR count). The number of nitrogens with one attached hydrogen (secondary N) is 1. The van der Waals surface area contributed by atoms with E-state index in [1.165, 1.54) is 12.1 Å². The number of sulfonamides is 1. The standard InChI is InChI=1S/C25H16ClNO4S/c1-14-10-12-15(13-11-14)32(30,31)27-23-17-7-3-2-6-16(17)22(26)20-21(23)25(29)19-9-5-4-8-18(19)24(20)28/h2-13,27H,1H3. The summed E-state index contributed by atoms with van der Waals surface area (Å²) in [6.07, 6.45) is 0. The van der Waals surface area contributed by atoms with Crippen LogP contribution in [0.3, 0.4) is 0 Å². The Morgan fingerprint density at radius 3 is 1.88 bits per heavy atom. The number of benzene rings is 4. The fourth-order valence-electron chi connectivity index (χ4n) is 4.00. The monoisotopic (exact) mass is 461 g/mol. The number of carbonyl (C=O) groups excluding carboxylic acids is 2. The molecule has 0 saturated carbocycles. The third kappa shape index (κ3) is 3.03. The van der Waals surface area contributed by atoms with Gasteiger partial charge in [-0.15, -0.1) is 0 Å². The SMILES string of the molecule is Cc1ccc(S(=O)(=O)Nc2c3c(c(Cl)c4ccccc24)C(=O)c2ccccc2C3=O)cc1. The van der Waals surface area contributed by atoms with Crippen LogP contribution in [0.4, 0.5) is 5.69 Å². The Bertz CT molecular complexity index is 1560. The lowest BCUT2D eigenvalue weighted by Gasteiger charge is -2.24. The summed E-state index contributed by atoms with van der Waals surface area (Å²) in [6, 6.07) is 19.6. The van der Waals surface area contributed by atoms with Gasteiger partial charge in [-0.05, 0) is 19.1 Å². The van der Waals surface area contributed by atoms with Gasteiger partial charge in [0.2, 0.25) is 0 Å². The summed E-state index contributed by atoms with van der Waals surface area (Å²) in [5, 5.41) is 1.05. The Balaban J connectivity index is 1.82. The van der Waals surface area contributed by atoms with Gasteiger partial charge in [-0.25, -0.2) is 8.42 Å². The number of aryl methyl sites for hydroxylation is 1. The van der Waals surface area contributed by atoms with E-state index in [0.29, 0.717) is 10.8 Å². The van der Waals surface area contributed by atoms with Gasteiger partial charge in [0, 0.05) is 21.9 Å². The molecule has 0 fully saturated rings. The zero-order valence-electron chi connectivity index (χ0n) is 16.8. The van der Waals surface area contributed by atoms with Crippen LogP contribution in [0.25, 0.3) is 10.8 Å². The molecule has 0 heterocycles. The van der Waals surface area contributed by atoms with Crippen molar-refractivity contribution in [3.8, 4) is 0 Å². The predicted octanol–water partition coefficient (Wildman–Crippen LogP) is 5.38. The Kier molecular flexibility index (Phi) is 4.65. The van der Waals surface area contributed by atoms with Crippen LogP contribution in [0.15, 0.2) is 77.7 Å². The molecule has 0 bridgehead atoms. The molecule has 0 aromatic heterocycles. The minimum absolute atomic E-state index is 0.00988. The summed E-state index contributed by atoms with van der Waals surface area (Å²) in [7, 11) is -4.04. The highest BCUT2D eigenvalue weighted by Gasteiger charge is 2.36. The van der Waals surface area contributed by atoms with Crippen molar-refractivity contribution >= 4 is 49.7 Å². The molecular formula is C25H16ClNO4S. The largest absolute Gasteiger partial charge is 0.289 e. The van der Waals surface area contributed by atoms with E-state index < -0.39 is 21.6 Å². The zero-order chi connectivity index (χ0) is 22.6. The van der Waals surface area contributed by atoms with Crippen molar-refractivity contribution in [3.63, 3.8) is 0 Å². The number of hydrogen-bond acceptors (Lipinski definition) is 4. The number of halogens is 1. The normalized spacial score (nSPS) is 13.1. The first-order chi connectivity index (χ1) is 15.3. The second kappa shape index (κ2) is 7.29. The summed E-state index contributed by atoms with van der Waals surface area (Å²) in [4.78, 5) is 26.9. The maximum absolute atomic E-state index is 13.5. The Labute approximate surface area is 189 Å². The highest BCUT2D eigenvalue weighted by atomic mass is 35.5. The number of fused-ring (bicyclic) bond motifs is 3. The lowest BCUT2D eigenvalue weighted by molar-refractivity contribution is 0.0980. The van der Waals surface area contributed by atoms with Gasteiger partial charge in [-0.2, -0.15) is 0 Å². The molecule has 32 heavy (non-hydrogen) atoms. The lowest BCUT2D eigenvalue weighted by atomic mass is 9.81. The van der Waals surface area contributed by atoms with E-state index in [9.17, 15) is 18.0 Å². The predicted molar refractivity (Wildman–Crippen MR) is 124 cm³/mol. The fraction of sp³-hybridized carbons (Fsp3) is 0.0400. The van der Waals surface area contributed by atoms with E-state index in [1.54, 1.807) is 60.7 Å². The quantitative estimate of drug-likeness (QED) is 0.391. The van der Waals surface area contributed by atoms with E-state index in [-0.39, 0.29) is 37.9 Å². The molecule has 4 aromatic carbocycles. The molecule has 0 radical (unpaired) electrons. The number of anilines is 1.